The Morgan fingerprint density at radius 1 is 1.24 bits per heavy atom. The molecule has 1 aliphatic rings. The fourth-order valence-corrected chi connectivity index (χ4v) is 3.21. The van der Waals surface area contributed by atoms with E-state index in [1.54, 1.807) is 7.05 Å². The Kier molecular flexibility index (Phi) is 11.3. The minimum atomic E-state index is -0.200. The molecule has 1 aliphatic heterocycles. The van der Waals surface area contributed by atoms with Crippen LogP contribution in [0.5, 0.6) is 0 Å². The summed E-state index contributed by atoms with van der Waals surface area (Å²) in [6, 6.07) is 7.05. The number of nitrogens with zero attached hydrogens (tertiary/aromatic N) is 2. The molecule has 144 valence electrons. The molecule has 1 fully saturated rings. The smallest absolute Gasteiger partial charge is 0.236 e. The van der Waals surface area contributed by atoms with E-state index in [1.807, 2.05) is 17.0 Å². The predicted molar refractivity (Wildman–Crippen MR) is 105 cm³/mol. The molecule has 2 rings (SSSR count). The summed E-state index contributed by atoms with van der Waals surface area (Å²) >= 11 is 0. The van der Waals surface area contributed by atoms with E-state index in [4.69, 9.17) is 0 Å². The molecular formula is C18H30Cl2FN3O. The number of likely N-dealkylation sites (N-methyl/N-ethyl adjacent to an activating group) is 1. The Balaban J connectivity index is 0.00000288. The summed E-state index contributed by atoms with van der Waals surface area (Å²) in [5, 5.41) is 2.95. The van der Waals surface area contributed by atoms with Gasteiger partial charge in [-0.15, -0.1) is 24.8 Å². The lowest BCUT2D eigenvalue weighted by Gasteiger charge is -2.34. The van der Waals surface area contributed by atoms with Crippen molar-refractivity contribution in [3.8, 4) is 0 Å². The molecule has 25 heavy (non-hydrogen) atoms. The zero-order valence-electron chi connectivity index (χ0n) is 15.2. The van der Waals surface area contributed by atoms with Gasteiger partial charge in [-0.05, 0) is 37.1 Å². The number of amides is 1. The molecule has 1 N–H and O–H groups in total. The lowest BCUT2D eigenvalue weighted by atomic mass is 10.0. The molecule has 0 radical (unpaired) electrons. The first kappa shape index (κ1) is 24.1. The lowest BCUT2D eigenvalue weighted by molar-refractivity contribution is -0.130. The van der Waals surface area contributed by atoms with E-state index in [9.17, 15) is 9.18 Å². The first-order valence-electron chi connectivity index (χ1n) is 8.42. The van der Waals surface area contributed by atoms with E-state index in [1.165, 1.54) is 12.1 Å². The maximum Gasteiger partial charge on any atom is 0.236 e. The lowest BCUT2D eigenvalue weighted by Crippen LogP contribution is -2.47. The van der Waals surface area contributed by atoms with Gasteiger partial charge in [0, 0.05) is 32.2 Å². The number of carbonyl (C=O) groups excluding carboxylic acids is 1. The highest BCUT2D eigenvalue weighted by Crippen LogP contribution is 2.20. The third-order valence-electron chi connectivity index (χ3n) is 4.50. The van der Waals surface area contributed by atoms with Gasteiger partial charge in [-0.2, -0.15) is 0 Å². The second-order valence-electron chi connectivity index (χ2n) is 6.63. The van der Waals surface area contributed by atoms with Crippen LogP contribution in [0.25, 0.3) is 0 Å². The molecule has 0 bridgehead atoms. The zero-order valence-corrected chi connectivity index (χ0v) is 16.8. The molecule has 1 atom stereocenters. The number of benzene rings is 1. The van der Waals surface area contributed by atoms with Crippen LogP contribution in [-0.4, -0.2) is 55.0 Å². The summed E-state index contributed by atoms with van der Waals surface area (Å²) in [5.74, 6) is 0.425. The molecule has 0 saturated carbocycles. The Labute approximate surface area is 163 Å². The van der Waals surface area contributed by atoms with E-state index in [0.717, 1.165) is 38.2 Å². The predicted octanol–water partition coefficient (Wildman–Crippen LogP) is 2.95. The molecule has 1 amide bonds. The number of halogens is 3. The first-order chi connectivity index (χ1) is 11.0. The van der Waals surface area contributed by atoms with Gasteiger partial charge >= 0.3 is 0 Å². The Morgan fingerprint density at radius 3 is 2.44 bits per heavy atom. The summed E-state index contributed by atoms with van der Waals surface area (Å²) in [6.45, 7) is 8.13. The average Bonchev–Trinajstić information content (AvgIpc) is 2.72. The van der Waals surface area contributed by atoms with Crippen molar-refractivity contribution in [1.29, 1.82) is 0 Å². The number of hydrogen-bond acceptors (Lipinski definition) is 3. The molecule has 0 spiro atoms. The normalized spacial score (nSPS) is 18.3. The average molecular weight is 394 g/mol. The fraction of sp³-hybridized carbons (Fsp3) is 0.611. The van der Waals surface area contributed by atoms with Crippen LogP contribution < -0.4 is 5.32 Å². The van der Waals surface area contributed by atoms with Gasteiger partial charge in [-0.1, -0.05) is 26.0 Å². The van der Waals surface area contributed by atoms with Gasteiger partial charge in [0.1, 0.15) is 5.82 Å². The van der Waals surface area contributed by atoms with E-state index in [2.05, 4.69) is 24.1 Å². The van der Waals surface area contributed by atoms with Crippen molar-refractivity contribution < 1.29 is 9.18 Å². The molecule has 0 aromatic heterocycles. The molecule has 1 heterocycles. The van der Waals surface area contributed by atoms with Gasteiger partial charge in [-0.3, -0.25) is 9.69 Å². The van der Waals surface area contributed by atoms with Crippen LogP contribution in [0.3, 0.4) is 0 Å². The largest absolute Gasteiger partial charge is 0.340 e. The monoisotopic (exact) mass is 393 g/mol. The van der Waals surface area contributed by atoms with Crippen molar-refractivity contribution in [2.24, 2.45) is 5.92 Å². The standard InChI is InChI=1S/C18H28FN3O.2ClH/c1-14(2)17-13-22(18(23)11-20-3)10-4-9-21(17)12-15-5-7-16(19)8-6-15;;/h5-8,14,17,20H,4,9-13H2,1-3H3;2*1H. The van der Waals surface area contributed by atoms with Crippen molar-refractivity contribution in [2.75, 3.05) is 33.2 Å². The summed E-state index contributed by atoms with van der Waals surface area (Å²) in [5.41, 5.74) is 1.12. The fourth-order valence-electron chi connectivity index (χ4n) is 3.21. The highest BCUT2D eigenvalue weighted by atomic mass is 35.5. The molecule has 0 aliphatic carbocycles. The SMILES string of the molecule is CNCC(=O)N1CCCN(Cc2ccc(F)cc2)C(C(C)C)C1.Cl.Cl. The van der Waals surface area contributed by atoms with Crippen LogP contribution in [0.15, 0.2) is 24.3 Å². The van der Waals surface area contributed by atoms with Crippen LogP contribution >= 0.6 is 24.8 Å². The summed E-state index contributed by atoms with van der Waals surface area (Å²) < 4.78 is 13.1. The molecule has 7 heteroatoms. The number of hydrogen-bond donors (Lipinski definition) is 1. The Bertz CT molecular complexity index is 514. The Hall–Kier alpha value is -0.880. The molecule has 4 nitrogen and oxygen atoms in total. The van der Waals surface area contributed by atoms with Crippen LogP contribution in [0, 0.1) is 11.7 Å². The van der Waals surface area contributed by atoms with Gasteiger partial charge in [-0.25, -0.2) is 4.39 Å². The quantitative estimate of drug-likeness (QED) is 0.834. The second-order valence-corrected chi connectivity index (χ2v) is 6.63. The maximum atomic E-state index is 13.1. The van der Waals surface area contributed by atoms with Crippen LogP contribution in [0.2, 0.25) is 0 Å². The number of carbonyl (C=O) groups is 1. The van der Waals surface area contributed by atoms with Crippen LogP contribution in [-0.2, 0) is 11.3 Å². The van der Waals surface area contributed by atoms with Gasteiger partial charge in [0.25, 0.3) is 0 Å². The topological polar surface area (TPSA) is 35.6 Å². The van der Waals surface area contributed by atoms with Crippen LogP contribution in [0.4, 0.5) is 4.39 Å². The van der Waals surface area contributed by atoms with Gasteiger partial charge in [0.05, 0.1) is 6.54 Å². The van der Waals surface area contributed by atoms with Crippen molar-refractivity contribution in [3.63, 3.8) is 0 Å². The van der Waals surface area contributed by atoms with Crippen molar-refractivity contribution in [1.82, 2.24) is 15.1 Å². The van der Waals surface area contributed by atoms with Gasteiger partial charge in [0.15, 0.2) is 0 Å². The Morgan fingerprint density at radius 2 is 1.88 bits per heavy atom. The minimum absolute atomic E-state index is 0. The molecular weight excluding hydrogens is 364 g/mol. The van der Waals surface area contributed by atoms with Crippen molar-refractivity contribution in [3.05, 3.63) is 35.6 Å². The van der Waals surface area contributed by atoms with Crippen molar-refractivity contribution in [2.45, 2.75) is 32.9 Å². The second kappa shape index (κ2) is 11.7. The first-order valence-corrected chi connectivity index (χ1v) is 8.42. The third kappa shape index (κ3) is 7.10. The summed E-state index contributed by atoms with van der Waals surface area (Å²) in [7, 11) is 1.80. The van der Waals surface area contributed by atoms with Gasteiger partial charge in [0.2, 0.25) is 5.91 Å². The van der Waals surface area contributed by atoms with Gasteiger partial charge < -0.3 is 10.2 Å². The van der Waals surface area contributed by atoms with E-state index >= 15 is 0 Å². The molecule has 1 aromatic rings. The van der Waals surface area contributed by atoms with Crippen molar-refractivity contribution >= 4 is 30.7 Å². The van der Waals surface area contributed by atoms with E-state index in [-0.39, 0.29) is 36.5 Å². The van der Waals surface area contributed by atoms with Crippen LogP contribution in [0.1, 0.15) is 25.8 Å². The van der Waals surface area contributed by atoms with E-state index in [0.29, 0.717) is 18.5 Å². The third-order valence-corrected chi connectivity index (χ3v) is 4.50. The molecule has 1 aromatic carbocycles. The maximum absolute atomic E-state index is 13.1. The number of nitrogens with one attached hydrogen (secondary N) is 1. The zero-order chi connectivity index (χ0) is 16.8. The molecule has 1 unspecified atom stereocenters. The highest BCUT2D eigenvalue weighted by Gasteiger charge is 2.29. The van der Waals surface area contributed by atoms with E-state index < -0.39 is 0 Å². The highest BCUT2D eigenvalue weighted by molar-refractivity contribution is 5.85. The number of rotatable bonds is 5. The minimum Gasteiger partial charge on any atom is -0.340 e. The molecule has 1 saturated heterocycles. The summed E-state index contributed by atoms with van der Waals surface area (Å²) in [4.78, 5) is 16.6. The summed E-state index contributed by atoms with van der Waals surface area (Å²) in [6.07, 6.45) is 0.972.